The molecule has 0 fully saturated rings. The summed E-state index contributed by atoms with van der Waals surface area (Å²) in [5, 5.41) is 16.3. The van der Waals surface area contributed by atoms with Crippen LogP contribution >= 0.6 is 23.2 Å². The Balaban J connectivity index is 1.90. The van der Waals surface area contributed by atoms with Crippen molar-refractivity contribution in [3.63, 3.8) is 0 Å². The number of aromatic nitrogens is 1. The van der Waals surface area contributed by atoms with E-state index in [1.54, 1.807) is 6.92 Å². The van der Waals surface area contributed by atoms with E-state index in [4.69, 9.17) is 27.9 Å². The normalized spacial score (nSPS) is 17.1. The molecule has 7 nitrogen and oxygen atoms in total. The number of nitrogens with one attached hydrogen (secondary N) is 1. The van der Waals surface area contributed by atoms with Crippen molar-refractivity contribution in [2.75, 3.05) is 11.9 Å². The zero-order valence-corrected chi connectivity index (χ0v) is 19.0. The smallest absolute Gasteiger partial charge is 0.347 e. The highest BCUT2D eigenvalue weighted by Gasteiger charge is 2.40. The monoisotopic (exact) mass is 505 g/mol. The first-order chi connectivity index (χ1) is 16.2. The molecule has 174 valence electrons. The number of rotatable bonds is 5. The number of hydroxylamine groups is 1. The van der Waals surface area contributed by atoms with E-state index in [2.05, 4.69) is 10.3 Å². The summed E-state index contributed by atoms with van der Waals surface area (Å²) < 4.78 is 31.3. The van der Waals surface area contributed by atoms with E-state index in [9.17, 15) is 23.6 Å². The maximum absolute atomic E-state index is 14.3. The molecule has 0 spiro atoms. The lowest BCUT2D eigenvalue weighted by atomic mass is 9.96. The van der Waals surface area contributed by atoms with Crippen LogP contribution in [-0.2, 0) is 9.53 Å². The van der Waals surface area contributed by atoms with Gasteiger partial charge in [-0.2, -0.15) is 0 Å². The second-order valence-corrected chi connectivity index (χ2v) is 7.99. The van der Waals surface area contributed by atoms with Gasteiger partial charge in [0.2, 0.25) is 5.78 Å². The van der Waals surface area contributed by atoms with Crippen LogP contribution in [0.3, 0.4) is 0 Å². The minimum absolute atomic E-state index is 0.00372. The molecular formula is C23H15Cl2F2N3O4. The minimum atomic E-state index is -1.35. The van der Waals surface area contributed by atoms with Crippen molar-refractivity contribution < 1.29 is 23.1 Å². The lowest BCUT2D eigenvalue weighted by molar-refractivity contribution is -0.138. The molecule has 1 atom stereocenters. The van der Waals surface area contributed by atoms with Gasteiger partial charge in [0.1, 0.15) is 12.0 Å². The number of hydrogen-bond donors (Lipinski definition) is 1. The van der Waals surface area contributed by atoms with Crippen molar-refractivity contribution in [3.05, 3.63) is 93.0 Å². The summed E-state index contributed by atoms with van der Waals surface area (Å²) in [6, 6.07) is 6.95. The third kappa shape index (κ3) is 4.14. The van der Waals surface area contributed by atoms with E-state index < -0.39 is 33.6 Å². The first-order valence-electron chi connectivity index (χ1n) is 9.86. The van der Waals surface area contributed by atoms with E-state index in [1.807, 2.05) is 0 Å². The van der Waals surface area contributed by atoms with Crippen LogP contribution in [0.15, 0.2) is 60.6 Å². The van der Waals surface area contributed by atoms with Crippen LogP contribution in [0.1, 0.15) is 17.3 Å². The molecule has 0 aliphatic carbocycles. The van der Waals surface area contributed by atoms with Crippen LogP contribution in [0.5, 0.6) is 0 Å². The first kappa shape index (κ1) is 23.8. The fourth-order valence-corrected chi connectivity index (χ4v) is 3.93. The summed E-state index contributed by atoms with van der Waals surface area (Å²) in [5.41, 5.74) is -0.925. The van der Waals surface area contributed by atoms with Crippen LogP contribution in [0.25, 0.3) is 0 Å². The number of anilines is 2. The average Bonchev–Trinajstić information content (AvgIpc) is 2.80. The van der Waals surface area contributed by atoms with Gasteiger partial charge in [-0.05, 0) is 25.1 Å². The van der Waals surface area contributed by atoms with E-state index in [-0.39, 0.29) is 45.0 Å². The maximum Gasteiger partial charge on any atom is 0.347 e. The fourth-order valence-electron chi connectivity index (χ4n) is 3.48. The average molecular weight is 506 g/mol. The Bertz CT molecular complexity index is 1330. The number of ketones is 1. The summed E-state index contributed by atoms with van der Waals surface area (Å²) in [6.45, 7) is 1.54. The molecule has 11 heteroatoms. The molecule has 3 aromatic rings. The van der Waals surface area contributed by atoms with Gasteiger partial charge in [0.05, 0.1) is 39.8 Å². The molecule has 0 amide bonds. The van der Waals surface area contributed by atoms with E-state index in [0.29, 0.717) is 6.07 Å². The zero-order chi connectivity index (χ0) is 24.6. The van der Waals surface area contributed by atoms with E-state index >= 15 is 0 Å². The Morgan fingerprint density at radius 2 is 1.97 bits per heavy atom. The number of Topliss-reactive ketones (excluding diaryl/α,β-unsaturated/α-hetero) is 1. The largest absolute Gasteiger partial charge is 0.617 e. The fraction of sp³-hybridized carbons (Fsp3) is 0.0870. The highest BCUT2D eigenvalue weighted by molar-refractivity contribution is 6.36. The Kier molecular flexibility index (Phi) is 6.37. The minimum Gasteiger partial charge on any atom is -0.617 e. The molecule has 1 unspecified atom stereocenters. The van der Waals surface area contributed by atoms with Gasteiger partial charge in [-0.1, -0.05) is 23.2 Å². The number of pyridine rings is 1. The Morgan fingerprint density at radius 3 is 2.62 bits per heavy atom. The molecule has 34 heavy (non-hydrogen) atoms. The molecule has 2 aromatic carbocycles. The first-order valence-corrected chi connectivity index (χ1v) is 10.6. The number of nitrogens with zero attached hydrogens (tertiary/aromatic N) is 2. The number of ether oxygens (including phenoxy) is 1. The summed E-state index contributed by atoms with van der Waals surface area (Å²) >= 11 is 12.3. The molecule has 1 aromatic heterocycles. The molecule has 2 heterocycles. The number of fused-ring (bicyclic) bond motifs is 1. The third-order valence-electron chi connectivity index (χ3n) is 5.03. The summed E-state index contributed by atoms with van der Waals surface area (Å²) in [5.74, 6) is -3.64. The number of benzene rings is 2. The maximum atomic E-state index is 14.3. The predicted octanol–water partition coefficient (Wildman–Crippen LogP) is 6.19. The Hall–Kier alpha value is -3.37. The summed E-state index contributed by atoms with van der Waals surface area (Å²) in [4.78, 5) is 29.6. The van der Waals surface area contributed by atoms with Crippen LogP contribution < -0.4 is 9.96 Å². The molecule has 1 aliphatic rings. The van der Waals surface area contributed by atoms with Crippen LogP contribution in [0.4, 0.5) is 31.5 Å². The second-order valence-electron chi connectivity index (χ2n) is 7.18. The Labute approximate surface area is 202 Å². The quantitative estimate of drug-likeness (QED) is 0.192. The van der Waals surface area contributed by atoms with Gasteiger partial charge in [0, 0.05) is 24.4 Å². The highest BCUT2D eigenvalue weighted by Crippen LogP contribution is 2.45. The highest BCUT2D eigenvalue weighted by atomic mass is 35.5. The molecule has 0 bridgehead atoms. The number of carbonyl (C=O) groups is 2. The van der Waals surface area contributed by atoms with Crippen LogP contribution in [-0.4, -0.2) is 23.3 Å². The topological polar surface area (TPSA) is 91.3 Å². The van der Waals surface area contributed by atoms with Crippen molar-refractivity contribution in [1.29, 1.82) is 0 Å². The third-order valence-corrected chi connectivity index (χ3v) is 5.65. The van der Waals surface area contributed by atoms with Gasteiger partial charge in [-0.15, -0.1) is 0 Å². The number of esters is 1. The van der Waals surface area contributed by atoms with E-state index in [1.165, 1.54) is 36.7 Å². The van der Waals surface area contributed by atoms with Crippen molar-refractivity contribution in [1.82, 2.24) is 9.63 Å². The van der Waals surface area contributed by atoms with Gasteiger partial charge >= 0.3 is 5.97 Å². The zero-order valence-electron chi connectivity index (χ0n) is 17.4. The van der Waals surface area contributed by atoms with E-state index in [0.717, 1.165) is 12.3 Å². The summed E-state index contributed by atoms with van der Waals surface area (Å²) in [7, 11) is 0. The van der Waals surface area contributed by atoms with Crippen molar-refractivity contribution >= 4 is 57.7 Å². The molecule has 0 radical (unpaired) electrons. The van der Waals surface area contributed by atoms with Gasteiger partial charge in [-0.3, -0.25) is 14.4 Å². The molecule has 1 N–H and O–H groups in total. The van der Waals surface area contributed by atoms with Crippen molar-refractivity contribution in [2.45, 2.75) is 6.92 Å². The standard InChI is InChI=1S/C23H15Cl2F2N3O4/c1-2-34-23(32)15-11-30(33,13-4-3-5-28-10-13)20-9-16(24)19(8-14(20)22(15)31)29-21-17(25)6-12(26)7-18(21)27/h3-11,29H,2H2,1H3. The molecule has 1 aliphatic heterocycles. The lowest BCUT2D eigenvalue weighted by Crippen LogP contribution is -2.39. The van der Waals surface area contributed by atoms with Crippen LogP contribution in [0, 0.1) is 16.8 Å². The SMILES string of the molecule is CCOC(=O)C1=C[N+]([O-])(c2cccnc2)c2cc(Cl)c(Nc3c(F)cc(F)cc3Cl)cc2C1=O. The van der Waals surface area contributed by atoms with Gasteiger partial charge < -0.3 is 15.3 Å². The van der Waals surface area contributed by atoms with Gasteiger partial charge in [-0.25, -0.2) is 13.6 Å². The van der Waals surface area contributed by atoms with Crippen molar-refractivity contribution in [2.24, 2.45) is 0 Å². The number of carbonyl (C=O) groups excluding carboxylic acids is 2. The summed E-state index contributed by atoms with van der Waals surface area (Å²) in [6.07, 6.45) is 3.68. The molecule has 0 saturated carbocycles. The predicted molar refractivity (Wildman–Crippen MR) is 124 cm³/mol. The second kappa shape index (κ2) is 9.11. The molecule has 0 saturated heterocycles. The van der Waals surface area contributed by atoms with Gasteiger partial charge in [0.25, 0.3) is 0 Å². The van der Waals surface area contributed by atoms with Gasteiger partial charge in [0.15, 0.2) is 22.8 Å². The number of hydrogen-bond acceptors (Lipinski definition) is 6. The van der Waals surface area contributed by atoms with Crippen LogP contribution in [0.2, 0.25) is 10.0 Å². The lowest BCUT2D eigenvalue weighted by Gasteiger charge is -2.41. The molecular weight excluding hydrogens is 491 g/mol. The molecule has 4 rings (SSSR count). The Morgan fingerprint density at radius 1 is 1.21 bits per heavy atom. The number of quaternary nitrogens is 1. The van der Waals surface area contributed by atoms with Crippen molar-refractivity contribution in [3.8, 4) is 0 Å². The number of halogens is 4.